The summed E-state index contributed by atoms with van der Waals surface area (Å²) in [7, 11) is 0. The zero-order valence-electron chi connectivity index (χ0n) is 42.0. The summed E-state index contributed by atoms with van der Waals surface area (Å²) in [6.07, 6.45) is -1.57. The number of hydrogen-bond acceptors (Lipinski definition) is 11. The van der Waals surface area contributed by atoms with Crippen molar-refractivity contribution in [2.45, 2.75) is 100 Å². The van der Waals surface area contributed by atoms with Crippen molar-refractivity contribution in [2.24, 2.45) is 23.7 Å². The van der Waals surface area contributed by atoms with E-state index in [1.807, 2.05) is 86.6 Å². The van der Waals surface area contributed by atoms with Crippen molar-refractivity contribution in [3.63, 3.8) is 0 Å². The summed E-state index contributed by atoms with van der Waals surface area (Å²) in [5.74, 6) is -5.17. The van der Waals surface area contributed by atoms with Gasteiger partial charge in [0.25, 0.3) is 0 Å². The van der Waals surface area contributed by atoms with Crippen molar-refractivity contribution in [1.82, 2.24) is 21.3 Å². The lowest BCUT2D eigenvalue weighted by atomic mass is 9.93. The number of benzene rings is 4. The predicted octanol–water partition coefficient (Wildman–Crippen LogP) is 8.85. The van der Waals surface area contributed by atoms with Crippen molar-refractivity contribution in [3.05, 3.63) is 119 Å². The molecule has 6 rings (SSSR count). The first-order chi connectivity index (χ1) is 32.9. The van der Waals surface area contributed by atoms with Crippen molar-refractivity contribution in [2.75, 3.05) is 26.5 Å². The number of carbonyl (C=O) groups is 8. The summed E-state index contributed by atoms with van der Waals surface area (Å²) in [6, 6.07) is 30.5. The lowest BCUT2D eigenvalue weighted by Crippen LogP contribution is -2.46. The van der Waals surface area contributed by atoms with Gasteiger partial charge in [-0.25, -0.2) is 9.59 Å². The molecule has 16 nitrogen and oxygen atoms in total. The van der Waals surface area contributed by atoms with Crippen molar-refractivity contribution >= 4 is 101 Å². The molecule has 0 aromatic heterocycles. The first-order valence-corrected chi connectivity index (χ1v) is 23.1. The van der Waals surface area contributed by atoms with Gasteiger partial charge in [0.15, 0.2) is 18.3 Å². The average Bonchev–Trinajstić information content (AvgIpc) is 3.82. The summed E-state index contributed by atoms with van der Waals surface area (Å²) < 4.78 is 15.8. The Hall–Kier alpha value is -5.96. The molecule has 0 bridgehead atoms. The van der Waals surface area contributed by atoms with E-state index in [4.69, 9.17) is 14.6 Å². The number of carboxylic acid groups (broad SMARTS) is 1. The minimum atomic E-state index is -1.16. The summed E-state index contributed by atoms with van der Waals surface area (Å²) in [6.45, 7) is 11.1. The lowest BCUT2D eigenvalue weighted by Gasteiger charge is -2.23. The number of carboxylic acids is 1. The zero-order chi connectivity index (χ0) is 50.4. The topological polar surface area (TPSA) is 233 Å². The fourth-order valence-corrected chi connectivity index (χ4v) is 8.53. The normalized spacial score (nSPS) is 12.8. The Kier molecular flexibility index (Phi) is 32.1. The van der Waals surface area contributed by atoms with Crippen LogP contribution >= 0.6 is 54.0 Å². The van der Waals surface area contributed by atoms with Crippen LogP contribution in [0.4, 0.5) is 9.59 Å². The molecule has 0 saturated heterocycles. The predicted molar refractivity (Wildman–Crippen MR) is 312 cm³/mol. The number of alkyl carbamates (subject to hydrolysis) is 2. The van der Waals surface area contributed by atoms with Crippen LogP contribution in [0, 0.1) is 23.7 Å². The van der Waals surface area contributed by atoms with Crippen LogP contribution in [0.3, 0.4) is 0 Å². The van der Waals surface area contributed by atoms with Crippen LogP contribution in [0.2, 0.25) is 0 Å². The van der Waals surface area contributed by atoms with Crippen LogP contribution in [-0.4, -0.2) is 91.2 Å². The molecule has 4 aromatic carbocycles. The molecule has 2 aliphatic carbocycles. The Morgan fingerprint density at radius 1 is 0.493 bits per heavy atom. The third-order valence-corrected chi connectivity index (χ3v) is 12.1. The van der Waals surface area contributed by atoms with Gasteiger partial charge in [-0.1, -0.05) is 153 Å². The largest absolute Gasteiger partial charge is 0.480 e. The number of fused-ring (bicyclic) bond motifs is 6. The molecule has 0 saturated carbocycles. The van der Waals surface area contributed by atoms with Crippen LogP contribution < -0.4 is 21.3 Å². The molecule has 4 aromatic rings. The van der Waals surface area contributed by atoms with Crippen LogP contribution in [0.5, 0.6) is 0 Å². The Morgan fingerprint density at radius 3 is 1.09 bits per heavy atom. The van der Waals surface area contributed by atoms with E-state index in [-0.39, 0.29) is 137 Å². The van der Waals surface area contributed by atoms with Crippen molar-refractivity contribution in [3.8, 4) is 22.3 Å². The highest BCUT2D eigenvalue weighted by atomic mass is 32.1. The molecule has 0 heterocycles. The van der Waals surface area contributed by atoms with E-state index in [0.29, 0.717) is 0 Å². The maximum atomic E-state index is 12.9. The van der Waals surface area contributed by atoms with Crippen LogP contribution in [0.25, 0.3) is 22.3 Å². The molecule has 0 unspecified atom stereocenters. The number of ketones is 2. The van der Waals surface area contributed by atoms with Crippen molar-refractivity contribution in [1.29, 1.82) is 0 Å². The monoisotopic (exact) mass is 1110 g/mol. The Morgan fingerprint density at radius 2 is 0.800 bits per heavy atom. The van der Waals surface area contributed by atoms with Gasteiger partial charge in [-0.3, -0.25) is 28.8 Å². The average molecular weight is 1120 g/mol. The van der Waals surface area contributed by atoms with E-state index in [0.717, 1.165) is 44.5 Å². The molecular weight excluding hydrogens is 1040 g/mol. The molecule has 4 amide bonds. The van der Waals surface area contributed by atoms with E-state index >= 15 is 0 Å². The van der Waals surface area contributed by atoms with Gasteiger partial charge in [0, 0.05) is 43.4 Å². The SMILES string of the molecule is C.C.CC(=O)OCNC(=O)[C@H](C)CC(=O)[C@@H](NC(=O)OCC1c2ccccc2-c2ccccc21)C(C)C.CC(C)[C@H](NC(=O)OCC1c2ccccc2-c2ccccc21)C(=O)C[C@@H](C)C(=O)NCC(=O)O.S.S.S.S. The number of aliphatic carboxylic acids is 1. The summed E-state index contributed by atoms with van der Waals surface area (Å²) in [5, 5.41) is 18.7. The van der Waals surface area contributed by atoms with E-state index in [1.165, 1.54) is 6.92 Å². The Bertz CT molecular complexity index is 2450. The summed E-state index contributed by atoms with van der Waals surface area (Å²) in [5.41, 5.74) is 8.90. The molecule has 75 heavy (non-hydrogen) atoms. The standard InChI is InChI=1S/C27H32N2O6.C26H30N2O6.2CH4.4H2S/c1-16(2)25(24(31)13-17(3)26(32)28-15-35-18(4)30)29-27(33)34-14-23-21-11-7-5-9-19(21)20-10-6-8-12-22(20)23;1-15(2)24(22(29)12-16(3)25(32)27-13-23(30)31)28-26(33)34-14-21-19-10-6-4-8-17(19)18-9-5-7-11-20(18)21;;;;;;/h5-12,16-17,23,25H,13-15H2,1-4H3,(H,28,32)(H,29,33);4-11,15-16,21,24H,12-14H2,1-3H3,(H,27,32)(H,28,33)(H,30,31);2*1H4;4*1H2/t17-,25+;16-,24+;;;;;;/m11....../s1. The van der Waals surface area contributed by atoms with E-state index in [2.05, 4.69) is 50.3 Å². The molecule has 4 atom stereocenters. The third kappa shape index (κ3) is 19.6. The van der Waals surface area contributed by atoms with Gasteiger partial charge in [-0.15, -0.1) is 0 Å². The maximum Gasteiger partial charge on any atom is 0.407 e. The molecule has 20 heteroatoms. The lowest BCUT2D eigenvalue weighted by molar-refractivity contribution is -0.143. The first kappa shape index (κ1) is 71.1. The highest BCUT2D eigenvalue weighted by Crippen LogP contribution is 2.45. The number of amides is 4. The van der Waals surface area contributed by atoms with Crippen LogP contribution in [0.15, 0.2) is 97.1 Å². The van der Waals surface area contributed by atoms with Gasteiger partial charge >= 0.3 is 24.1 Å². The Balaban J connectivity index is 0. The number of carbonyl (C=O) groups excluding carboxylic acids is 7. The second-order valence-corrected chi connectivity index (χ2v) is 18.0. The number of ether oxygens (including phenoxy) is 3. The third-order valence-electron chi connectivity index (χ3n) is 12.1. The van der Waals surface area contributed by atoms with E-state index in [1.54, 1.807) is 27.7 Å². The highest BCUT2D eigenvalue weighted by Gasteiger charge is 2.33. The van der Waals surface area contributed by atoms with Crippen LogP contribution in [0.1, 0.15) is 110 Å². The second kappa shape index (κ2) is 33.9. The number of esters is 1. The van der Waals surface area contributed by atoms with E-state index < -0.39 is 66.4 Å². The minimum Gasteiger partial charge on any atom is -0.480 e. The van der Waals surface area contributed by atoms with Crippen molar-refractivity contribution < 1.29 is 57.7 Å². The van der Waals surface area contributed by atoms with Gasteiger partial charge in [-0.2, -0.15) is 54.0 Å². The molecule has 414 valence electrons. The maximum absolute atomic E-state index is 12.9. The summed E-state index contributed by atoms with van der Waals surface area (Å²) in [4.78, 5) is 96.5. The smallest absolute Gasteiger partial charge is 0.407 e. The molecule has 0 radical (unpaired) electrons. The zero-order valence-corrected chi connectivity index (χ0v) is 46.0. The number of nitrogens with one attached hydrogen (secondary N) is 4. The number of rotatable bonds is 20. The molecular formula is C55H78N4O12S4. The van der Waals surface area contributed by atoms with Gasteiger partial charge in [0.05, 0.1) is 12.1 Å². The van der Waals surface area contributed by atoms with Gasteiger partial charge in [0.2, 0.25) is 11.8 Å². The quantitative estimate of drug-likeness (QED) is 0.0317. The molecule has 5 N–H and O–H groups in total. The van der Waals surface area contributed by atoms with Gasteiger partial charge < -0.3 is 40.6 Å². The minimum absolute atomic E-state index is 0. The van der Waals surface area contributed by atoms with Crippen LogP contribution in [-0.2, 0) is 43.0 Å². The fourth-order valence-electron chi connectivity index (χ4n) is 8.53. The molecule has 2 aliphatic rings. The molecule has 0 spiro atoms. The molecule has 0 fully saturated rings. The second-order valence-electron chi connectivity index (χ2n) is 18.0. The fraction of sp³-hybridized carbons (Fsp3) is 0.418. The van der Waals surface area contributed by atoms with E-state index in [9.17, 15) is 38.4 Å². The van der Waals surface area contributed by atoms with Gasteiger partial charge in [-0.05, 0) is 56.3 Å². The first-order valence-electron chi connectivity index (χ1n) is 23.1. The molecule has 0 aliphatic heterocycles. The highest BCUT2D eigenvalue weighted by molar-refractivity contribution is 7.59. The van der Waals surface area contributed by atoms with Gasteiger partial charge in [0.1, 0.15) is 19.8 Å². The summed E-state index contributed by atoms with van der Waals surface area (Å²) >= 11 is 0. The number of Topliss-reactive ketones (excluding diaryl/α,β-unsaturated/α-hetero) is 2. The Labute approximate surface area is 469 Å². The number of hydrogen-bond donors (Lipinski definition) is 5.